The van der Waals surface area contributed by atoms with Crippen molar-refractivity contribution in [1.82, 2.24) is 10.1 Å². The van der Waals surface area contributed by atoms with Crippen LogP contribution in [0.25, 0.3) is 0 Å². The molecule has 1 aliphatic heterocycles. The molecule has 1 saturated heterocycles. The zero-order valence-electron chi connectivity index (χ0n) is 12.0. The van der Waals surface area contributed by atoms with Gasteiger partial charge in [0.25, 0.3) is 5.91 Å². The van der Waals surface area contributed by atoms with Crippen LogP contribution in [0, 0.1) is 6.92 Å². The lowest BCUT2D eigenvalue weighted by atomic mass is 9.98. The van der Waals surface area contributed by atoms with Gasteiger partial charge in [-0.25, -0.2) is 4.79 Å². The van der Waals surface area contributed by atoms with Gasteiger partial charge in [-0.05, 0) is 26.2 Å². The Morgan fingerprint density at radius 2 is 2.10 bits per heavy atom. The van der Waals surface area contributed by atoms with Crippen LogP contribution in [0.1, 0.15) is 60.8 Å². The van der Waals surface area contributed by atoms with Gasteiger partial charge in [0.2, 0.25) is 0 Å². The fourth-order valence-corrected chi connectivity index (χ4v) is 2.62. The summed E-state index contributed by atoms with van der Waals surface area (Å²) in [4.78, 5) is 25.4. The van der Waals surface area contributed by atoms with E-state index in [1.54, 1.807) is 6.92 Å². The molecule has 2 heterocycles. The molecule has 110 valence electrons. The number of hydrogen-bond acceptors (Lipinski definition) is 4. The van der Waals surface area contributed by atoms with Gasteiger partial charge in [-0.15, -0.1) is 0 Å². The summed E-state index contributed by atoms with van der Waals surface area (Å²) in [7, 11) is 0. The molecular weight excluding hydrogens is 260 g/mol. The Bertz CT molecular complexity index is 521. The van der Waals surface area contributed by atoms with E-state index in [-0.39, 0.29) is 11.8 Å². The van der Waals surface area contributed by atoms with Gasteiger partial charge in [-0.1, -0.05) is 19.0 Å². The van der Waals surface area contributed by atoms with Gasteiger partial charge in [-0.2, -0.15) is 0 Å². The number of amides is 1. The monoisotopic (exact) mass is 280 g/mol. The largest absolute Gasteiger partial charge is 0.480 e. The molecule has 0 aromatic carbocycles. The summed E-state index contributed by atoms with van der Waals surface area (Å²) in [5.74, 6) is -0.664. The second-order valence-electron chi connectivity index (χ2n) is 5.51. The number of carboxylic acid groups (broad SMARTS) is 1. The molecule has 0 unspecified atom stereocenters. The number of carbonyl (C=O) groups excluding carboxylic acids is 1. The lowest BCUT2D eigenvalue weighted by molar-refractivity contribution is -0.143. The van der Waals surface area contributed by atoms with Crippen molar-refractivity contribution < 1.29 is 19.2 Å². The summed E-state index contributed by atoms with van der Waals surface area (Å²) in [5, 5.41) is 13.1. The van der Waals surface area contributed by atoms with Crippen molar-refractivity contribution >= 4 is 11.9 Å². The molecule has 1 fully saturated rings. The summed E-state index contributed by atoms with van der Waals surface area (Å²) >= 11 is 0. The maximum atomic E-state index is 12.7. The van der Waals surface area contributed by atoms with Gasteiger partial charge in [-0.3, -0.25) is 4.79 Å². The van der Waals surface area contributed by atoms with Crippen LogP contribution < -0.4 is 0 Å². The minimum atomic E-state index is -0.946. The van der Waals surface area contributed by atoms with E-state index in [9.17, 15) is 14.7 Å². The molecule has 20 heavy (non-hydrogen) atoms. The van der Waals surface area contributed by atoms with Crippen molar-refractivity contribution in [1.29, 1.82) is 0 Å². The summed E-state index contributed by atoms with van der Waals surface area (Å²) in [6.07, 6.45) is 2.17. The van der Waals surface area contributed by atoms with Crippen LogP contribution in [0.2, 0.25) is 0 Å². The number of piperidine rings is 1. The highest BCUT2D eigenvalue weighted by molar-refractivity contribution is 5.98. The van der Waals surface area contributed by atoms with E-state index in [0.29, 0.717) is 30.0 Å². The van der Waals surface area contributed by atoms with Crippen LogP contribution in [-0.4, -0.2) is 39.6 Å². The highest BCUT2D eigenvalue weighted by Crippen LogP contribution is 2.27. The lowest BCUT2D eigenvalue weighted by Gasteiger charge is -2.33. The number of hydrogen-bond donors (Lipinski definition) is 1. The highest BCUT2D eigenvalue weighted by atomic mass is 16.5. The first kappa shape index (κ1) is 14.6. The molecule has 1 aromatic heterocycles. The Balaban J connectivity index is 2.34. The SMILES string of the molecule is Cc1noc(C(C)C)c1C(=O)N1CCCC[C@H]1C(=O)O. The number of rotatable bonds is 3. The van der Waals surface area contributed by atoms with E-state index in [2.05, 4.69) is 5.16 Å². The number of aryl methyl sites for hydroxylation is 1. The molecule has 0 radical (unpaired) electrons. The number of carboxylic acids is 1. The van der Waals surface area contributed by atoms with Crippen molar-refractivity contribution in [3.05, 3.63) is 17.0 Å². The van der Waals surface area contributed by atoms with E-state index in [4.69, 9.17) is 4.52 Å². The number of carbonyl (C=O) groups is 2. The summed E-state index contributed by atoms with van der Waals surface area (Å²) in [6, 6.07) is -0.745. The quantitative estimate of drug-likeness (QED) is 0.917. The zero-order chi connectivity index (χ0) is 14.9. The Morgan fingerprint density at radius 1 is 1.40 bits per heavy atom. The molecule has 0 aliphatic carbocycles. The molecule has 1 N–H and O–H groups in total. The van der Waals surface area contributed by atoms with E-state index >= 15 is 0 Å². The maximum absolute atomic E-state index is 12.7. The minimum Gasteiger partial charge on any atom is -0.480 e. The molecule has 6 heteroatoms. The average molecular weight is 280 g/mol. The van der Waals surface area contributed by atoms with Crippen molar-refractivity contribution in [3.8, 4) is 0 Å². The molecule has 0 saturated carbocycles. The fourth-order valence-electron chi connectivity index (χ4n) is 2.62. The zero-order valence-corrected chi connectivity index (χ0v) is 12.0. The number of aliphatic carboxylic acids is 1. The van der Waals surface area contributed by atoms with Gasteiger partial charge >= 0.3 is 5.97 Å². The predicted octanol–water partition coefficient (Wildman–Crippen LogP) is 2.19. The van der Waals surface area contributed by atoms with Crippen LogP contribution >= 0.6 is 0 Å². The first-order valence-electron chi connectivity index (χ1n) is 6.93. The van der Waals surface area contributed by atoms with Gasteiger partial charge in [0.1, 0.15) is 11.6 Å². The fraction of sp³-hybridized carbons (Fsp3) is 0.643. The second kappa shape index (κ2) is 5.64. The van der Waals surface area contributed by atoms with Gasteiger partial charge in [0.05, 0.1) is 5.69 Å². The third-order valence-corrected chi connectivity index (χ3v) is 3.68. The molecule has 2 rings (SSSR count). The second-order valence-corrected chi connectivity index (χ2v) is 5.51. The standard InChI is InChI=1S/C14H20N2O4/c1-8(2)12-11(9(3)15-20-12)13(17)16-7-5-4-6-10(16)14(18)19/h8,10H,4-7H2,1-3H3,(H,18,19)/t10-/m0/s1. The minimum absolute atomic E-state index is 0.0308. The van der Waals surface area contributed by atoms with Gasteiger partial charge < -0.3 is 14.5 Å². The van der Waals surface area contributed by atoms with Crippen molar-refractivity contribution in [2.75, 3.05) is 6.54 Å². The predicted molar refractivity (Wildman–Crippen MR) is 71.6 cm³/mol. The molecule has 1 aliphatic rings. The van der Waals surface area contributed by atoms with E-state index in [0.717, 1.165) is 12.8 Å². The Kier molecular flexibility index (Phi) is 4.11. The van der Waals surface area contributed by atoms with Gasteiger partial charge in [0.15, 0.2) is 5.76 Å². The highest BCUT2D eigenvalue weighted by Gasteiger charge is 2.35. The van der Waals surface area contributed by atoms with E-state index in [1.165, 1.54) is 4.90 Å². The van der Waals surface area contributed by atoms with Crippen LogP contribution in [0.3, 0.4) is 0 Å². The third kappa shape index (κ3) is 2.55. The third-order valence-electron chi connectivity index (χ3n) is 3.68. The molecule has 1 aromatic rings. The number of likely N-dealkylation sites (tertiary alicyclic amines) is 1. The van der Waals surface area contributed by atoms with Crippen LogP contribution in [-0.2, 0) is 4.79 Å². The first-order chi connectivity index (χ1) is 9.43. The first-order valence-corrected chi connectivity index (χ1v) is 6.93. The molecular formula is C14H20N2O4. The summed E-state index contributed by atoms with van der Waals surface area (Å²) in [5.41, 5.74) is 0.946. The summed E-state index contributed by atoms with van der Waals surface area (Å²) < 4.78 is 5.22. The molecule has 6 nitrogen and oxygen atoms in total. The van der Waals surface area contributed by atoms with Crippen LogP contribution in [0.15, 0.2) is 4.52 Å². The Morgan fingerprint density at radius 3 is 2.70 bits per heavy atom. The Labute approximate surface area is 117 Å². The van der Waals surface area contributed by atoms with Crippen molar-refractivity contribution in [3.63, 3.8) is 0 Å². The van der Waals surface area contributed by atoms with E-state index in [1.807, 2.05) is 13.8 Å². The van der Waals surface area contributed by atoms with Crippen molar-refractivity contribution in [2.24, 2.45) is 0 Å². The topological polar surface area (TPSA) is 83.6 Å². The molecule has 0 spiro atoms. The Hall–Kier alpha value is -1.85. The average Bonchev–Trinajstić information content (AvgIpc) is 2.80. The summed E-state index contributed by atoms with van der Waals surface area (Å²) in [6.45, 7) is 6.02. The number of aromatic nitrogens is 1. The van der Waals surface area contributed by atoms with Crippen molar-refractivity contribution in [2.45, 2.75) is 52.0 Å². The maximum Gasteiger partial charge on any atom is 0.326 e. The van der Waals surface area contributed by atoms with Crippen LogP contribution in [0.4, 0.5) is 0 Å². The van der Waals surface area contributed by atoms with Gasteiger partial charge in [0, 0.05) is 12.5 Å². The lowest BCUT2D eigenvalue weighted by Crippen LogP contribution is -2.48. The molecule has 1 atom stereocenters. The molecule has 1 amide bonds. The number of nitrogens with zero attached hydrogens (tertiary/aromatic N) is 2. The smallest absolute Gasteiger partial charge is 0.326 e. The van der Waals surface area contributed by atoms with E-state index < -0.39 is 12.0 Å². The van der Waals surface area contributed by atoms with Crippen LogP contribution in [0.5, 0.6) is 0 Å². The molecule has 0 bridgehead atoms. The normalized spacial score (nSPS) is 19.4.